The molecule has 6 heteroatoms. The van der Waals surface area contributed by atoms with Crippen molar-refractivity contribution in [2.45, 2.75) is 38.7 Å². The van der Waals surface area contributed by atoms with Crippen LogP contribution in [0, 0.1) is 11.8 Å². The van der Waals surface area contributed by atoms with Gasteiger partial charge in [0.15, 0.2) is 0 Å². The predicted molar refractivity (Wildman–Crippen MR) is 84.4 cm³/mol. The fourth-order valence-electron chi connectivity index (χ4n) is 2.55. The van der Waals surface area contributed by atoms with E-state index in [1.54, 1.807) is 6.92 Å². The van der Waals surface area contributed by atoms with Gasteiger partial charge in [0.2, 0.25) is 0 Å². The molecule has 1 fully saturated rings. The molecule has 23 heavy (non-hydrogen) atoms. The van der Waals surface area contributed by atoms with Gasteiger partial charge in [-0.2, -0.15) is 0 Å². The Labute approximate surface area is 136 Å². The first-order valence-electron chi connectivity index (χ1n) is 7.81. The number of carbonyl (C=O) groups is 2. The molecule has 1 aliphatic carbocycles. The van der Waals surface area contributed by atoms with E-state index in [-0.39, 0.29) is 36.7 Å². The summed E-state index contributed by atoms with van der Waals surface area (Å²) < 4.78 is 10.4. The van der Waals surface area contributed by atoms with E-state index in [9.17, 15) is 14.7 Å². The molecule has 0 aromatic rings. The first kappa shape index (κ1) is 19.4. The maximum Gasteiger partial charge on any atom is 0.335 e. The monoisotopic (exact) mass is 326 g/mol. The Morgan fingerprint density at radius 1 is 1.09 bits per heavy atom. The van der Waals surface area contributed by atoms with Crippen LogP contribution < -0.4 is 0 Å². The molecule has 1 rings (SSSR count). The molecule has 130 valence electrons. The molecule has 0 bridgehead atoms. The molecule has 0 heterocycles. The van der Waals surface area contributed by atoms with Gasteiger partial charge in [-0.05, 0) is 38.5 Å². The van der Waals surface area contributed by atoms with Crippen molar-refractivity contribution in [2.75, 3.05) is 19.8 Å². The van der Waals surface area contributed by atoms with Crippen LogP contribution in [0.15, 0.2) is 24.3 Å². The zero-order valence-corrected chi connectivity index (χ0v) is 13.6. The maximum atomic E-state index is 11.6. The summed E-state index contributed by atoms with van der Waals surface area (Å²) in [7, 11) is 0. The van der Waals surface area contributed by atoms with Gasteiger partial charge in [-0.25, -0.2) is 9.59 Å². The lowest BCUT2D eigenvalue weighted by molar-refractivity contribution is -0.146. The van der Waals surface area contributed by atoms with Crippen molar-refractivity contribution in [1.82, 2.24) is 0 Å². The third kappa shape index (κ3) is 6.54. The Morgan fingerprint density at radius 3 is 2.09 bits per heavy atom. The van der Waals surface area contributed by atoms with E-state index in [1.165, 1.54) is 0 Å². The number of carbonyl (C=O) groups excluding carboxylic acids is 2. The quantitative estimate of drug-likeness (QED) is 0.517. The molecule has 0 amide bonds. The van der Waals surface area contributed by atoms with Crippen molar-refractivity contribution < 1.29 is 29.3 Å². The maximum absolute atomic E-state index is 11.6. The summed E-state index contributed by atoms with van der Waals surface area (Å²) in [6, 6.07) is 0. The summed E-state index contributed by atoms with van der Waals surface area (Å²) in [5.74, 6) is -1.08. The average Bonchev–Trinajstić information content (AvgIpc) is 2.54. The molecule has 0 aliphatic heterocycles. The van der Waals surface area contributed by atoms with E-state index in [0.717, 1.165) is 12.8 Å². The second-order valence-electron chi connectivity index (χ2n) is 6.07. The Morgan fingerprint density at radius 2 is 1.61 bits per heavy atom. The van der Waals surface area contributed by atoms with E-state index < -0.39 is 18.5 Å². The van der Waals surface area contributed by atoms with Crippen molar-refractivity contribution in [3.05, 3.63) is 24.3 Å². The summed E-state index contributed by atoms with van der Waals surface area (Å²) in [4.78, 5) is 23.2. The topological polar surface area (TPSA) is 93.1 Å². The molecule has 0 aromatic carbocycles. The number of hydrogen-bond acceptors (Lipinski definition) is 6. The third-order valence-electron chi connectivity index (χ3n) is 4.09. The van der Waals surface area contributed by atoms with Crippen LogP contribution in [0.3, 0.4) is 0 Å². The van der Waals surface area contributed by atoms with E-state index >= 15 is 0 Å². The summed E-state index contributed by atoms with van der Waals surface area (Å²) in [5, 5.41) is 18.5. The minimum atomic E-state index is -0.653. The second-order valence-corrected chi connectivity index (χ2v) is 6.07. The highest BCUT2D eigenvalue weighted by atomic mass is 16.5. The summed E-state index contributed by atoms with van der Waals surface area (Å²) in [6.07, 6.45) is 2.66. The molecule has 2 N–H and O–H groups in total. The van der Waals surface area contributed by atoms with Crippen molar-refractivity contribution >= 4 is 11.9 Å². The fraction of sp³-hybridized carbons (Fsp3) is 0.647. The SMILES string of the molecule is C=C(C)C(=O)OCC(COC(=O)C(=C)CO)C1CCC(O)CC1. The number of rotatable bonds is 8. The molecule has 0 spiro atoms. The van der Waals surface area contributed by atoms with Crippen LogP contribution in [0.1, 0.15) is 32.6 Å². The lowest BCUT2D eigenvalue weighted by Gasteiger charge is -2.31. The van der Waals surface area contributed by atoms with Crippen LogP contribution in [0.2, 0.25) is 0 Å². The summed E-state index contributed by atoms with van der Waals surface area (Å²) in [5.41, 5.74) is 0.301. The molecule has 0 radical (unpaired) electrons. The number of aliphatic hydroxyl groups is 2. The van der Waals surface area contributed by atoms with Gasteiger partial charge in [0, 0.05) is 11.5 Å². The number of hydrogen-bond donors (Lipinski definition) is 2. The number of aliphatic hydroxyl groups excluding tert-OH is 2. The fourth-order valence-corrected chi connectivity index (χ4v) is 2.55. The van der Waals surface area contributed by atoms with Gasteiger partial charge in [-0.3, -0.25) is 0 Å². The summed E-state index contributed by atoms with van der Waals surface area (Å²) in [6.45, 7) is 8.28. The molecule has 6 nitrogen and oxygen atoms in total. The van der Waals surface area contributed by atoms with Gasteiger partial charge in [0.05, 0.1) is 31.5 Å². The van der Waals surface area contributed by atoms with Crippen LogP contribution in [0.4, 0.5) is 0 Å². The standard InChI is InChI=1S/C17H26O6/c1-11(2)16(20)22-9-14(10-23-17(21)12(3)8-18)13-4-6-15(19)7-5-13/h13-15,18-19H,1,3-10H2,2H3. The van der Waals surface area contributed by atoms with E-state index in [1.807, 2.05) is 0 Å². The van der Waals surface area contributed by atoms with Gasteiger partial charge >= 0.3 is 11.9 Å². The molecule has 1 saturated carbocycles. The Balaban J connectivity index is 2.60. The molecule has 0 saturated heterocycles. The van der Waals surface area contributed by atoms with Gasteiger partial charge in [0.25, 0.3) is 0 Å². The van der Waals surface area contributed by atoms with Gasteiger partial charge in [0.1, 0.15) is 0 Å². The van der Waals surface area contributed by atoms with Crippen LogP contribution in [-0.4, -0.2) is 48.1 Å². The molecule has 0 aromatic heterocycles. The van der Waals surface area contributed by atoms with Crippen LogP contribution >= 0.6 is 0 Å². The smallest absolute Gasteiger partial charge is 0.335 e. The van der Waals surface area contributed by atoms with Gasteiger partial charge in [-0.15, -0.1) is 0 Å². The predicted octanol–water partition coefficient (Wildman–Crippen LogP) is 1.36. The lowest BCUT2D eigenvalue weighted by Crippen LogP contribution is -2.32. The Hall–Kier alpha value is -1.66. The van der Waals surface area contributed by atoms with Crippen LogP contribution in [-0.2, 0) is 19.1 Å². The van der Waals surface area contributed by atoms with Crippen LogP contribution in [0.5, 0.6) is 0 Å². The summed E-state index contributed by atoms with van der Waals surface area (Å²) >= 11 is 0. The normalized spacial score (nSPS) is 22.0. The first-order valence-corrected chi connectivity index (χ1v) is 7.81. The third-order valence-corrected chi connectivity index (χ3v) is 4.09. The number of ether oxygens (including phenoxy) is 2. The van der Waals surface area contributed by atoms with Crippen molar-refractivity contribution in [1.29, 1.82) is 0 Å². The zero-order chi connectivity index (χ0) is 17.4. The molecule has 1 atom stereocenters. The Bertz CT molecular complexity index is 448. The minimum absolute atomic E-state index is 0.0123. The Kier molecular flexibility index (Phi) is 7.98. The van der Waals surface area contributed by atoms with Gasteiger partial charge in [-0.1, -0.05) is 13.2 Å². The molecular formula is C17H26O6. The van der Waals surface area contributed by atoms with Crippen molar-refractivity contribution in [3.63, 3.8) is 0 Å². The molecular weight excluding hydrogens is 300 g/mol. The average molecular weight is 326 g/mol. The first-order chi connectivity index (χ1) is 10.8. The highest BCUT2D eigenvalue weighted by Crippen LogP contribution is 2.31. The molecule has 1 aliphatic rings. The lowest BCUT2D eigenvalue weighted by atomic mass is 9.79. The zero-order valence-electron chi connectivity index (χ0n) is 13.6. The van der Waals surface area contributed by atoms with E-state index in [4.69, 9.17) is 14.6 Å². The number of esters is 2. The molecule has 1 unspecified atom stereocenters. The van der Waals surface area contributed by atoms with Crippen molar-refractivity contribution in [3.8, 4) is 0 Å². The van der Waals surface area contributed by atoms with Crippen molar-refractivity contribution in [2.24, 2.45) is 11.8 Å². The highest BCUT2D eigenvalue weighted by molar-refractivity contribution is 5.88. The van der Waals surface area contributed by atoms with E-state index in [0.29, 0.717) is 18.4 Å². The largest absolute Gasteiger partial charge is 0.462 e. The van der Waals surface area contributed by atoms with E-state index in [2.05, 4.69) is 13.2 Å². The minimum Gasteiger partial charge on any atom is -0.462 e. The highest BCUT2D eigenvalue weighted by Gasteiger charge is 2.29. The van der Waals surface area contributed by atoms with Crippen LogP contribution in [0.25, 0.3) is 0 Å². The second kappa shape index (κ2) is 9.47. The van der Waals surface area contributed by atoms with Gasteiger partial charge < -0.3 is 19.7 Å².